The molecule has 0 aromatic carbocycles. The number of aliphatic hydroxyl groups excluding tert-OH is 5. The van der Waals surface area contributed by atoms with Crippen LogP contribution in [0.3, 0.4) is 0 Å². The Labute approximate surface area is 562 Å². The van der Waals surface area contributed by atoms with Gasteiger partial charge in [-0.15, -0.1) is 0 Å². The summed E-state index contributed by atoms with van der Waals surface area (Å²) in [6, 6.07) is -0.831. The van der Waals surface area contributed by atoms with Crippen LogP contribution < -0.4 is 5.32 Å². The number of aliphatic hydroxyl groups is 5. The molecule has 1 heterocycles. The minimum Gasteiger partial charge on any atom is -0.466 e. The summed E-state index contributed by atoms with van der Waals surface area (Å²) in [5, 5.41) is 54.5. The van der Waals surface area contributed by atoms with Gasteiger partial charge in [-0.2, -0.15) is 0 Å². The van der Waals surface area contributed by atoms with E-state index in [0.717, 1.165) is 64.2 Å². The quantitative estimate of drug-likeness (QED) is 0.0195. The Bertz CT molecular complexity index is 1610. The molecule has 1 aliphatic heterocycles. The fourth-order valence-corrected chi connectivity index (χ4v) is 12.8. The Balaban J connectivity index is 1.90. The molecule has 7 atom stereocenters. The Kier molecular flexibility index (Phi) is 66.1. The van der Waals surface area contributed by atoms with Crippen LogP contribution in [-0.2, 0) is 23.8 Å². The predicted octanol–water partition coefficient (Wildman–Crippen LogP) is 21.3. The molecule has 11 nitrogen and oxygen atoms in total. The lowest BCUT2D eigenvalue weighted by atomic mass is 9.99. The highest BCUT2D eigenvalue weighted by Gasteiger charge is 2.44. The number of unbranched alkanes of at least 4 members (excludes halogenated alkanes) is 53. The molecular weight excluding hydrogens is 1130 g/mol. The molecule has 0 aromatic heterocycles. The van der Waals surface area contributed by atoms with Crippen molar-refractivity contribution in [2.24, 2.45) is 0 Å². The highest BCUT2D eigenvalue weighted by molar-refractivity contribution is 5.76. The third-order valence-electron chi connectivity index (χ3n) is 19.0. The first-order valence-electron chi connectivity index (χ1n) is 39.8. The molecular formula is C80H151NO10. The molecule has 1 aliphatic rings. The van der Waals surface area contributed by atoms with E-state index in [1.165, 1.54) is 308 Å². The summed E-state index contributed by atoms with van der Waals surface area (Å²) in [6.07, 6.45) is 80.4. The molecule has 1 rings (SSSR count). The van der Waals surface area contributed by atoms with Crippen molar-refractivity contribution in [3.05, 3.63) is 36.5 Å². The maximum absolute atomic E-state index is 13.1. The molecule has 0 spiro atoms. The van der Waals surface area contributed by atoms with E-state index in [0.29, 0.717) is 19.4 Å². The summed E-state index contributed by atoms with van der Waals surface area (Å²) in [5.41, 5.74) is 0. The average molecular weight is 1290 g/mol. The minimum atomic E-state index is -1.58. The maximum atomic E-state index is 13.1. The van der Waals surface area contributed by atoms with Crippen LogP contribution in [0, 0.1) is 0 Å². The number of rotatable bonds is 71. The largest absolute Gasteiger partial charge is 0.466 e. The molecule has 1 amide bonds. The van der Waals surface area contributed by atoms with Crippen LogP contribution in [0.25, 0.3) is 0 Å². The zero-order valence-electron chi connectivity index (χ0n) is 59.8. The Morgan fingerprint density at radius 3 is 1.09 bits per heavy atom. The molecule has 0 saturated carbocycles. The van der Waals surface area contributed by atoms with Gasteiger partial charge in [0.25, 0.3) is 0 Å². The summed E-state index contributed by atoms with van der Waals surface area (Å²) in [5.74, 6) is -0.171. The highest BCUT2D eigenvalue weighted by Crippen LogP contribution is 2.24. The van der Waals surface area contributed by atoms with Crippen molar-refractivity contribution >= 4 is 11.9 Å². The molecule has 11 heteroatoms. The fourth-order valence-electron chi connectivity index (χ4n) is 12.8. The number of hydrogen-bond acceptors (Lipinski definition) is 10. The normalized spacial score (nSPS) is 17.7. The second kappa shape index (κ2) is 69.2. The van der Waals surface area contributed by atoms with Gasteiger partial charge in [0, 0.05) is 12.8 Å². The second-order valence-electron chi connectivity index (χ2n) is 27.8. The first-order chi connectivity index (χ1) is 44.7. The first kappa shape index (κ1) is 86.9. The van der Waals surface area contributed by atoms with Gasteiger partial charge in [-0.05, 0) is 57.8 Å². The number of ether oxygens (including phenoxy) is 3. The Hall–Kier alpha value is -2.12. The van der Waals surface area contributed by atoms with Gasteiger partial charge < -0.3 is 45.1 Å². The van der Waals surface area contributed by atoms with Crippen molar-refractivity contribution < 1.29 is 49.3 Å². The molecule has 91 heavy (non-hydrogen) atoms. The number of allylic oxidation sites excluding steroid dienone is 5. The minimum absolute atomic E-state index is 0.0182. The summed E-state index contributed by atoms with van der Waals surface area (Å²) in [4.78, 5) is 25.1. The van der Waals surface area contributed by atoms with Gasteiger partial charge in [0.05, 0.1) is 32.0 Å². The summed E-state index contributed by atoms with van der Waals surface area (Å²) in [7, 11) is 0. The smallest absolute Gasteiger partial charge is 0.305 e. The van der Waals surface area contributed by atoms with Gasteiger partial charge in [0.1, 0.15) is 24.4 Å². The number of carbonyl (C=O) groups excluding carboxylic acids is 2. The number of carbonyl (C=O) groups is 2. The van der Waals surface area contributed by atoms with Crippen molar-refractivity contribution in [1.29, 1.82) is 0 Å². The number of amides is 1. The molecule has 0 aliphatic carbocycles. The second-order valence-corrected chi connectivity index (χ2v) is 27.8. The van der Waals surface area contributed by atoms with E-state index >= 15 is 0 Å². The Morgan fingerprint density at radius 1 is 0.396 bits per heavy atom. The lowest BCUT2D eigenvalue weighted by Crippen LogP contribution is -2.60. The van der Waals surface area contributed by atoms with Crippen LogP contribution in [0.1, 0.15) is 399 Å². The highest BCUT2D eigenvalue weighted by atomic mass is 16.7. The van der Waals surface area contributed by atoms with Gasteiger partial charge >= 0.3 is 5.97 Å². The van der Waals surface area contributed by atoms with E-state index in [4.69, 9.17) is 14.2 Å². The van der Waals surface area contributed by atoms with E-state index in [9.17, 15) is 35.1 Å². The summed E-state index contributed by atoms with van der Waals surface area (Å²) < 4.78 is 16.8. The number of esters is 1. The van der Waals surface area contributed by atoms with Crippen molar-refractivity contribution in [2.75, 3.05) is 19.8 Å². The van der Waals surface area contributed by atoms with E-state index in [1.54, 1.807) is 6.08 Å². The van der Waals surface area contributed by atoms with Gasteiger partial charge in [-0.25, -0.2) is 0 Å². The van der Waals surface area contributed by atoms with Gasteiger partial charge in [0.15, 0.2) is 6.29 Å². The van der Waals surface area contributed by atoms with Crippen molar-refractivity contribution in [1.82, 2.24) is 5.32 Å². The molecule has 6 N–H and O–H groups in total. The molecule has 0 radical (unpaired) electrons. The molecule has 536 valence electrons. The van der Waals surface area contributed by atoms with Crippen LogP contribution in [0.5, 0.6) is 0 Å². The molecule has 1 fully saturated rings. The van der Waals surface area contributed by atoms with Gasteiger partial charge in [-0.3, -0.25) is 9.59 Å². The van der Waals surface area contributed by atoms with E-state index in [2.05, 4.69) is 43.5 Å². The SMILES string of the molecule is CCCCCC/C=C/CC/C=C/CC/C=C/C(O)C(COC1OC(CO)C(O)C(O)C1O)NC(=O)CCCCCCCCCCCCCCCCCCCCCCCCCCCCCCCCCCCCCCCOC(=O)CCCCCCCCCCCCCC. The standard InChI is InChI=1S/C80H151NO10/c1-3-5-7-9-11-13-15-17-43-46-50-54-58-62-66-73(83)72(71-90-80-79(88)78(87)77(86)74(70-82)91-80)81-75(84)67-63-59-55-51-47-44-41-39-37-35-33-31-29-27-25-23-21-19-18-20-22-24-26-28-30-32-34-36-38-40-42-45-49-53-57-61-65-69-89-76(85)68-64-60-56-52-48-16-14-12-10-8-6-4-2/h13,15,46,50,62,66,72-74,77-80,82-83,86-88H,3-12,14,16-45,47-49,51-61,63-65,67-71H2,1-2H3,(H,81,84)/b15-13+,50-46+,66-62+. The van der Waals surface area contributed by atoms with Crippen LogP contribution in [0.15, 0.2) is 36.5 Å². The van der Waals surface area contributed by atoms with E-state index in [1.807, 2.05) is 6.08 Å². The third-order valence-corrected chi connectivity index (χ3v) is 19.0. The third kappa shape index (κ3) is 57.8. The summed E-state index contributed by atoms with van der Waals surface area (Å²) >= 11 is 0. The van der Waals surface area contributed by atoms with Crippen LogP contribution in [-0.4, -0.2) is 100 Å². The molecule has 1 saturated heterocycles. The van der Waals surface area contributed by atoms with Crippen LogP contribution in [0.4, 0.5) is 0 Å². The summed E-state index contributed by atoms with van der Waals surface area (Å²) in [6.45, 7) is 4.35. The zero-order valence-corrected chi connectivity index (χ0v) is 59.8. The van der Waals surface area contributed by atoms with E-state index in [-0.39, 0.29) is 18.5 Å². The van der Waals surface area contributed by atoms with Crippen molar-refractivity contribution in [2.45, 2.75) is 442 Å². The maximum Gasteiger partial charge on any atom is 0.305 e. The van der Waals surface area contributed by atoms with Crippen molar-refractivity contribution in [3.63, 3.8) is 0 Å². The molecule has 7 unspecified atom stereocenters. The topological polar surface area (TPSA) is 175 Å². The van der Waals surface area contributed by atoms with Crippen LogP contribution >= 0.6 is 0 Å². The first-order valence-corrected chi connectivity index (χ1v) is 39.8. The Morgan fingerprint density at radius 2 is 0.714 bits per heavy atom. The lowest BCUT2D eigenvalue weighted by molar-refractivity contribution is -0.302. The number of hydrogen-bond donors (Lipinski definition) is 6. The zero-order chi connectivity index (χ0) is 65.8. The van der Waals surface area contributed by atoms with Crippen LogP contribution in [0.2, 0.25) is 0 Å². The van der Waals surface area contributed by atoms with Crippen molar-refractivity contribution in [3.8, 4) is 0 Å². The monoisotopic (exact) mass is 1290 g/mol. The lowest BCUT2D eigenvalue weighted by Gasteiger charge is -2.40. The predicted molar refractivity (Wildman–Crippen MR) is 384 cm³/mol. The van der Waals surface area contributed by atoms with Gasteiger partial charge in [-0.1, -0.05) is 365 Å². The molecule has 0 aromatic rings. The van der Waals surface area contributed by atoms with Gasteiger partial charge in [0.2, 0.25) is 5.91 Å². The molecule has 0 bridgehead atoms. The van der Waals surface area contributed by atoms with E-state index < -0.39 is 49.5 Å². The number of nitrogens with one attached hydrogen (secondary N) is 1. The average Bonchev–Trinajstić information content (AvgIpc) is 2.21. The fraction of sp³-hybridized carbons (Fsp3) is 0.900.